The van der Waals surface area contributed by atoms with Crippen LogP contribution in [0.15, 0.2) is 30.9 Å². The van der Waals surface area contributed by atoms with Crippen LogP contribution >= 0.6 is 0 Å². The average molecular weight is 222 g/mol. The van der Waals surface area contributed by atoms with Gasteiger partial charge in [0.2, 0.25) is 0 Å². The number of rotatable bonds is 4. The molecule has 0 aliphatic carbocycles. The first-order chi connectivity index (χ1) is 7.66. The van der Waals surface area contributed by atoms with Crippen LogP contribution in [0.25, 0.3) is 5.70 Å². The Bertz CT molecular complexity index is 323. The van der Waals surface area contributed by atoms with Crippen molar-refractivity contribution in [3.05, 3.63) is 30.9 Å². The van der Waals surface area contributed by atoms with Crippen molar-refractivity contribution < 1.29 is 0 Å². The molecule has 0 amide bonds. The topological polar surface area (TPSA) is 56.7 Å². The van der Waals surface area contributed by atoms with Crippen molar-refractivity contribution in [3.63, 3.8) is 0 Å². The maximum absolute atomic E-state index is 5.49. The van der Waals surface area contributed by atoms with Gasteiger partial charge in [-0.1, -0.05) is 34.3 Å². The number of hydrogen-bond donors (Lipinski definition) is 1. The smallest absolute Gasteiger partial charge is 0.138 e. The van der Waals surface area contributed by atoms with Crippen molar-refractivity contribution in [2.24, 2.45) is 11.7 Å². The summed E-state index contributed by atoms with van der Waals surface area (Å²) in [6.45, 7) is 12.7. The predicted molar refractivity (Wildman–Crippen MR) is 68.7 cm³/mol. The van der Waals surface area contributed by atoms with Crippen molar-refractivity contribution >= 4 is 5.70 Å². The molecule has 1 rings (SSSR count). The normalized spacial score (nSPS) is 11.0. The molecule has 4 nitrogen and oxygen atoms in total. The molecule has 4 heteroatoms. The average Bonchev–Trinajstić information content (AvgIpc) is 2.81. The van der Waals surface area contributed by atoms with Crippen molar-refractivity contribution in [1.82, 2.24) is 14.8 Å². The molecule has 0 saturated carbocycles. The summed E-state index contributed by atoms with van der Waals surface area (Å²) in [4.78, 5) is 3.90. The SMILES string of the molecule is C=C(/C(=C\CN)n1cncn1)C(C)C.CC. The molecule has 0 spiro atoms. The van der Waals surface area contributed by atoms with E-state index in [4.69, 9.17) is 5.73 Å². The Balaban J connectivity index is 0.00000106. The van der Waals surface area contributed by atoms with Crippen LogP contribution < -0.4 is 5.73 Å². The van der Waals surface area contributed by atoms with Crippen LogP contribution in [-0.4, -0.2) is 21.3 Å². The molecule has 90 valence electrons. The molecule has 0 aromatic carbocycles. The van der Waals surface area contributed by atoms with Crippen LogP contribution in [0.3, 0.4) is 0 Å². The van der Waals surface area contributed by atoms with Crippen LogP contribution in [0, 0.1) is 5.92 Å². The highest BCUT2D eigenvalue weighted by molar-refractivity contribution is 5.63. The maximum Gasteiger partial charge on any atom is 0.138 e. The molecule has 0 fully saturated rings. The second kappa shape index (κ2) is 7.82. The summed E-state index contributed by atoms with van der Waals surface area (Å²) in [5.41, 5.74) is 7.44. The highest BCUT2D eigenvalue weighted by atomic mass is 15.3. The molecule has 1 aromatic rings. The zero-order valence-corrected chi connectivity index (χ0v) is 10.6. The minimum absolute atomic E-state index is 0.372. The zero-order valence-electron chi connectivity index (χ0n) is 10.6. The lowest BCUT2D eigenvalue weighted by atomic mass is 10.0. The predicted octanol–water partition coefficient (Wildman–Crippen LogP) is 2.32. The van der Waals surface area contributed by atoms with Gasteiger partial charge in [0, 0.05) is 6.54 Å². The van der Waals surface area contributed by atoms with Gasteiger partial charge in [0.1, 0.15) is 12.7 Å². The second-order valence-corrected chi connectivity index (χ2v) is 3.35. The summed E-state index contributed by atoms with van der Waals surface area (Å²) in [6, 6.07) is 0. The molecule has 16 heavy (non-hydrogen) atoms. The van der Waals surface area contributed by atoms with Crippen molar-refractivity contribution in [3.8, 4) is 0 Å². The van der Waals surface area contributed by atoms with Gasteiger partial charge in [-0.2, -0.15) is 5.10 Å². The lowest BCUT2D eigenvalue weighted by Crippen LogP contribution is -2.07. The number of nitrogens with zero attached hydrogens (tertiary/aromatic N) is 3. The molecule has 0 radical (unpaired) electrons. The number of allylic oxidation sites excluding steroid dienone is 2. The van der Waals surface area contributed by atoms with E-state index in [1.54, 1.807) is 11.0 Å². The lowest BCUT2D eigenvalue weighted by Gasteiger charge is -2.13. The summed E-state index contributed by atoms with van der Waals surface area (Å²) in [6.07, 6.45) is 5.05. The van der Waals surface area contributed by atoms with Gasteiger partial charge >= 0.3 is 0 Å². The first-order valence-electron chi connectivity index (χ1n) is 5.61. The number of hydrogen-bond acceptors (Lipinski definition) is 3. The summed E-state index contributed by atoms with van der Waals surface area (Å²) >= 11 is 0. The molecule has 0 unspecified atom stereocenters. The van der Waals surface area contributed by atoms with Crippen LogP contribution in [0.1, 0.15) is 27.7 Å². The molecule has 0 aliphatic rings. The van der Waals surface area contributed by atoms with Gasteiger partial charge in [0.25, 0.3) is 0 Å². The third-order valence-electron chi connectivity index (χ3n) is 2.00. The molecule has 0 atom stereocenters. The van der Waals surface area contributed by atoms with E-state index in [2.05, 4.69) is 30.5 Å². The van der Waals surface area contributed by atoms with E-state index in [9.17, 15) is 0 Å². The summed E-state index contributed by atoms with van der Waals surface area (Å²) in [5.74, 6) is 0.372. The van der Waals surface area contributed by atoms with Crippen molar-refractivity contribution in [2.75, 3.05) is 6.54 Å². The molecule has 0 bridgehead atoms. The third kappa shape index (κ3) is 3.98. The van der Waals surface area contributed by atoms with Crippen LogP contribution in [0.4, 0.5) is 0 Å². The monoisotopic (exact) mass is 222 g/mol. The Morgan fingerprint density at radius 3 is 2.50 bits per heavy atom. The van der Waals surface area contributed by atoms with Gasteiger partial charge in [-0.05, 0) is 17.6 Å². The molecule has 0 saturated heterocycles. The fraction of sp³-hybridized carbons (Fsp3) is 0.500. The maximum atomic E-state index is 5.49. The van der Waals surface area contributed by atoms with E-state index in [1.165, 1.54) is 6.33 Å². The van der Waals surface area contributed by atoms with Gasteiger partial charge in [-0.3, -0.25) is 0 Å². The summed E-state index contributed by atoms with van der Waals surface area (Å²) in [5, 5.41) is 4.06. The highest BCUT2D eigenvalue weighted by Crippen LogP contribution is 2.20. The van der Waals surface area contributed by atoms with E-state index < -0.39 is 0 Å². The quantitative estimate of drug-likeness (QED) is 0.795. The standard InChI is InChI=1S/C10H16N4.C2H6/c1-8(2)9(3)10(4-5-11)14-7-12-6-13-14;1-2/h4,6-8H,3,5,11H2,1-2H3;1-2H3/b10-4+;. The van der Waals surface area contributed by atoms with Gasteiger partial charge in [0.05, 0.1) is 5.70 Å². The summed E-state index contributed by atoms with van der Waals surface area (Å²) < 4.78 is 1.69. The van der Waals surface area contributed by atoms with Gasteiger partial charge in [-0.15, -0.1) is 0 Å². The van der Waals surface area contributed by atoms with E-state index >= 15 is 0 Å². The molecule has 1 heterocycles. The second-order valence-electron chi connectivity index (χ2n) is 3.35. The fourth-order valence-corrected chi connectivity index (χ4v) is 1.11. The van der Waals surface area contributed by atoms with E-state index in [-0.39, 0.29) is 0 Å². The fourth-order valence-electron chi connectivity index (χ4n) is 1.11. The van der Waals surface area contributed by atoms with Crippen molar-refractivity contribution in [2.45, 2.75) is 27.7 Å². The van der Waals surface area contributed by atoms with Crippen LogP contribution in [-0.2, 0) is 0 Å². The first kappa shape index (κ1) is 14.6. The van der Waals surface area contributed by atoms with E-state index in [1.807, 2.05) is 19.9 Å². The van der Waals surface area contributed by atoms with Gasteiger partial charge in [0.15, 0.2) is 0 Å². The Kier molecular flexibility index (Phi) is 7.12. The Morgan fingerprint density at radius 2 is 2.12 bits per heavy atom. The van der Waals surface area contributed by atoms with E-state index in [0.717, 1.165) is 11.3 Å². The molecule has 2 N–H and O–H groups in total. The molecule has 0 aliphatic heterocycles. The first-order valence-corrected chi connectivity index (χ1v) is 5.61. The number of nitrogens with two attached hydrogens (primary N) is 1. The Labute approximate surface area is 97.9 Å². The highest BCUT2D eigenvalue weighted by Gasteiger charge is 2.08. The lowest BCUT2D eigenvalue weighted by molar-refractivity contribution is 0.768. The van der Waals surface area contributed by atoms with Crippen LogP contribution in [0.5, 0.6) is 0 Å². The largest absolute Gasteiger partial charge is 0.327 e. The van der Waals surface area contributed by atoms with Gasteiger partial charge in [-0.25, -0.2) is 9.67 Å². The zero-order chi connectivity index (χ0) is 12.6. The summed E-state index contributed by atoms with van der Waals surface area (Å²) in [7, 11) is 0. The minimum atomic E-state index is 0.372. The molecular formula is C12H22N4. The molecule has 1 aromatic heterocycles. The number of aromatic nitrogens is 3. The van der Waals surface area contributed by atoms with E-state index in [0.29, 0.717) is 12.5 Å². The van der Waals surface area contributed by atoms with Crippen molar-refractivity contribution in [1.29, 1.82) is 0 Å². The minimum Gasteiger partial charge on any atom is -0.327 e. The van der Waals surface area contributed by atoms with Gasteiger partial charge < -0.3 is 5.73 Å². The Morgan fingerprint density at radius 1 is 1.50 bits per heavy atom. The molecular weight excluding hydrogens is 200 g/mol. The van der Waals surface area contributed by atoms with Crippen LogP contribution in [0.2, 0.25) is 0 Å². The third-order valence-corrected chi connectivity index (χ3v) is 2.00. The Hall–Kier alpha value is -1.42.